The largest absolute Gasteiger partial charge is 0.460 e. The number of fused-ring (bicyclic) bond motifs is 1. The molecule has 7 nitrogen and oxygen atoms in total. The summed E-state index contributed by atoms with van der Waals surface area (Å²) in [7, 11) is 0. The Morgan fingerprint density at radius 3 is 2.71 bits per heavy atom. The van der Waals surface area contributed by atoms with E-state index in [2.05, 4.69) is 5.10 Å². The van der Waals surface area contributed by atoms with E-state index in [1.54, 1.807) is 13.8 Å². The van der Waals surface area contributed by atoms with Gasteiger partial charge in [-0.2, -0.15) is 5.10 Å². The van der Waals surface area contributed by atoms with Crippen molar-refractivity contribution in [3.8, 4) is 5.75 Å². The Labute approximate surface area is 160 Å². The van der Waals surface area contributed by atoms with Gasteiger partial charge in [0.1, 0.15) is 23.0 Å². The Hall–Kier alpha value is -3.26. The summed E-state index contributed by atoms with van der Waals surface area (Å²) in [5.41, 5.74) is 2.70. The number of nitrogens with zero attached hydrogens (tertiary/aromatic N) is 3. The van der Waals surface area contributed by atoms with Crippen LogP contribution in [0, 0.1) is 29.8 Å². The highest BCUT2D eigenvalue weighted by Crippen LogP contribution is 2.37. The molecule has 0 unspecified atom stereocenters. The maximum atomic E-state index is 14.1. The van der Waals surface area contributed by atoms with E-state index in [9.17, 15) is 14.5 Å². The molecule has 1 aliphatic rings. The molecule has 28 heavy (non-hydrogen) atoms. The summed E-state index contributed by atoms with van der Waals surface area (Å²) < 4.78 is 27.4. The standard InChI is InChI=1S/C20H18FN3O4/c1-12-18(24(25)26)13(2)23(22-12)10-15-8-17(21)9-16-11-27-20(28-19(15)16)14-6-4-3-5-7-14/h3-9,20H,10-11H2,1-2H3/t20-/m1/s1. The minimum Gasteiger partial charge on any atom is -0.460 e. The molecule has 0 radical (unpaired) electrons. The van der Waals surface area contributed by atoms with Crippen LogP contribution < -0.4 is 4.74 Å². The highest BCUT2D eigenvalue weighted by molar-refractivity contribution is 5.45. The van der Waals surface area contributed by atoms with Crippen molar-refractivity contribution in [3.05, 3.63) is 86.5 Å². The fraction of sp³-hybridized carbons (Fsp3) is 0.250. The monoisotopic (exact) mass is 383 g/mol. The Morgan fingerprint density at radius 1 is 1.29 bits per heavy atom. The van der Waals surface area contributed by atoms with Crippen molar-refractivity contribution < 1.29 is 18.8 Å². The lowest BCUT2D eigenvalue weighted by Crippen LogP contribution is -2.20. The second kappa shape index (κ2) is 7.05. The molecule has 1 aliphatic heterocycles. The molecule has 3 aromatic rings. The van der Waals surface area contributed by atoms with Gasteiger partial charge in [0, 0.05) is 16.7 Å². The first kappa shape index (κ1) is 18.1. The van der Waals surface area contributed by atoms with Crippen molar-refractivity contribution >= 4 is 5.69 Å². The molecule has 2 aromatic carbocycles. The number of aryl methyl sites for hydroxylation is 1. The Morgan fingerprint density at radius 2 is 2.04 bits per heavy atom. The van der Waals surface area contributed by atoms with E-state index < -0.39 is 17.0 Å². The van der Waals surface area contributed by atoms with Crippen LogP contribution in [0.5, 0.6) is 5.75 Å². The molecule has 0 N–H and O–H groups in total. The molecule has 2 heterocycles. The normalized spacial score (nSPS) is 15.8. The van der Waals surface area contributed by atoms with Crippen molar-refractivity contribution in [1.29, 1.82) is 0 Å². The third kappa shape index (κ3) is 3.22. The van der Waals surface area contributed by atoms with Gasteiger partial charge in [-0.05, 0) is 26.0 Å². The van der Waals surface area contributed by atoms with Crippen molar-refractivity contribution in [2.45, 2.75) is 33.3 Å². The predicted molar refractivity (Wildman–Crippen MR) is 98.5 cm³/mol. The molecule has 1 aromatic heterocycles. The van der Waals surface area contributed by atoms with Crippen LogP contribution in [0.25, 0.3) is 0 Å². The smallest absolute Gasteiger partial charge is 0.312 e. The highest BCUT2D eigenvalue weighted by atomic mass is 19.1. The zero-order chi connectivity index (χ0) is 19.8. The van der Waals surface area contributed by atoms with E-state index in [4.69, 9.17) is 9.47 Å². The third-order valence-electron chi connectivity index (χ3n) is 4.74. The van der Waals surface area contributed by atoms with Crippen LogP contribution in [-0.2, 0) is 17.9 Å². The number of benzene rings is 2. The van der Waals surface area contributed by atoms with Gasteiger partial charge in [0.15, 0.2) is 0 Å². The summed E-state index contributed by atoms with van der Waals surface area (Å²) in [6.45, 7) is 3.57. The van der Waals surface area contributed by atoms with Crippen LogP contribution >= 0.6 is 0 Å². The van der Waals surface area contributed by atoms with Crippen molar-refractivity contribution in [3.63, 3.8) is 0 Å². The quantitative estimate of drug-likeness (QED) is 0.498. The Bertz CT molecular complexity index is 1050. The minimum absolute atomic E-state index is 0.0308. The summed E-state index contributed by atoms with van der Waals surface area (Å²) in [4.78, 5) is 10.8. The van der Waals surface area contributed by atoms with Crippen LogP contribution in [0.15, 0.2) is 42.5 Å². The second-order valence-corrected chi connectivity index (χ2v) is 6.66. The second-order valence-electron chi connectivity index (χ2n) is 6.66. The number of hydrogen-bond acceptors (Lipinski definition) is 5. The summed E-state index contributed by atoms with van der Waals surface area (Å²) in [6.07, 6.45) is -0.604. The first-order valence-electron chi connectivity index (χ1n) is 8.77. The van der Waals surface area contributed by atoms with E-state index >= 15 is 0 Å². The summed E-state index contributed by atoms with van der Waals surface area (Å²) >= 11 is 0. The van der Waals surface area contributed by atoms with Gasteiger partial charge in [0.05, 0.1) is 18.1 Å². The van der Waals surface area contributed by atoms with Gasteiger partial charge in [-0.25, -0.2) is 4.39 Å². The molecule has 144 valence electrons. The van der Waals surface area contributed by atoms with E-state index in [-0.39, 0.29) is 18.8 Å². The minimum atomic E-state index is -0.604. The molecular weight excluding hydrogens is 365 g/mol. The Balaban J connectivity index is 1.71. The molecule has 0 spiro atoms. The maximum Gasteiger partial charge on any atom is 0.312 e. The van der Waals surface area contributed by atoms with Gasteiger partial charge in [0.25, 0.3) is 0 Å². The van der Waals surface area contributed by atoms with E-state index in [1.807, 2.05) is 30.3 Å². The van der Waals surface area contributed by atoms with Crippen LogP contribution in [0.3, 0.4) is 0 Å². The van der Waals surface area contributed by atoms with Crippen molar-refractivity contribution in [2.24, 2.45) is 0 Å². The molecule has 0 aliphatic carbocycles. The number of nitro groups is 1. The third-order valence-corrected chi connectivity index (χ3v) is 4.74. The van der Waals surface area contributed by atoms with E-state index in [0.29, 0.717) is 28.3 Å². The zero-order valence-corrected chi connectivity index (χ0v) is 15.4. The van der Waals surface area contributed by atoms with Gasteiger partial charge in [-0.1, -0.05) is 30.3 Å². The Kier molecular flexibility index (Phi) is 4.56. The first-order chi connectivity index (χ1) is 13.4. The first-order valence-corrected chi connectivity index (χ1v) is 8.77. The van der Waals surface area contributed by atoms with Crippen LogP contribution in [0.2, 0.25) is 0 Å². The van der Waals surface area contributed by atoms with Crippen LogP contribution in [0.1, 0.15) is 34.4 Å². The SMILES string of the molecule is Cc1nn(Cc2cc(F)cc3c2O[C@H](c2ccccc2)OC3)c(C)c1[N+](=O)[O-]. The molecule has 8 heteroatoms. The number of rotatable bonds is 4. The van der Waals surface area contributed by atoms with Crippen molar-refractivity contribution in [2.75, 3.05) is 0 Å². The molecule has 0 saturated heterocycles. The molecule has 0 bridgehead atoms. The molecule has 4 rings (SSSR count). The molecular formula is C20H18FN3O4. The zero-order valence-electron chi connectivity index (χ0n) is 15.4. The lowest BCUT2D eigenvalue weighted by Gasteiger charge is -2.28. The summed E-state index contributed by atoms with van der Waals surface area (Å²) in [6, 6.07) is 12.2. The van der Waals surface area contributed by atoms with Gasteiger partial charge in [0.2, 0.25) is 6.29 Å². The molecule has 0 amide bonds. The maximum absolute atomic E-state index is 14.1. The predicted octanol–water partition coefficient (Wildman–Crippen LogP) is 4.20. The highest BCUT2D eigenvalue weighted by Gasteiger charge is 2.27. The summed E-state index contributed by atoms with van der Waals surface area (Å²) in [5, 5.41) is 15.5. The lowest BCUT2D eigenvalue weighted by atomic mass is 10.1. The average molecular weight is 383 g/mol. The van der Waals surface area contributed by atoms with Gasteiger partial charge in [-0.15, -0.1) is 0 Å². The fourth-order valence-electron chi connectivity index (χ4n) is 3.44. The van der Waals surface area contributed by atoms with Crippen LogP contribution in [0.4, 0.5) is 10.1 Å². The molecule has 1 atom stereocenters. The molecule has 0 saturated carbocycles. The topological polar surface area (TPSA) is 79.4 Å². The van der Waals surface area contributed by atoms with Gasteiger partial charge < -0.3 is 9.47 Å². The lowest BCUT2D eigenvalue weighted by molar-refractivity contribution is -0.386. The number of ether oxygens (including phenoxy) is 2. The summed E-state index contributed by atoms with van der Waals surface area (Å²) in [5.74, 6) is 0.104. The number of aromatic nitrogens is 2. The van der Waals surface area contributed by atoms with Crippen molar-refractivity contribution in [1.82, 2.24) is 9.78 Å². The van der Waals surface area contributed by atoms with E-state index in [0.717, 1.165) is 5.56 Å². The van der Waals surface area contributed by atoms with Crippen LogP contribution in [-0.4, -0.2) is 14.7 Å². The molecule has 0 fully saturated rings. The van der Waals surface area contributed by atoms with E-state index in [1.165, 1.54) is 16.8 Å². The fourth-order valence-corrected chi connectivity index (χ4v) is 3.44. The number of hydrogen-bond donors (Lipinski definition) is 0. The van der Waals surface area contributed by atoms with Gasteiger partial charge >= 0.3 is 5.69 Å². The van der Waals surface area contributed by atoms with Gasteiger partial charge in [-0.3, -0.25) is 14.8 Å². The number of halogens is 1. The average Bonchev–Trinajstić information content (AvgIpc) is 2.95.